The van der Waals surface area contributed by atoms with Gasteiger partial charge in [-0.25, -0.2) is 0 Å². The summed E-state index contributed by atoms with van der Waals surface area (Å²) < 4.78 is 0. The molecular formula is C25H55N3O. The lowest BCUT2D eigenvalue weighted by atomic mass is 9.73. The summed E-state index contributed by atoms with van der Waals surface area (Å²) in [5.74, 6) is 0.222. The lowest BCUT2D eigenvalue weighted by Gasteiger charge is -2.50. The lowest BCUT2D eigenvalue weighted by Crippen LogP contribution is -2.59. The minimum Gasteiger partial charge on any atom is -0.353 e. The average Bonchev–Trinajstić information content (AvgIpc) is 3.13. The molecule has 1 atom stereocenters. The normalized spacial score (nSPS) is 21.0. The molecule has 0 aromatic carbocycles. The number of carbonyl (C=O) groups excluding carboxylic acids is 1. The first kappa shape index (κ1) is 30.6. The Hall–Kier alpha value is -0.610. The van der Waals surface area contributed by atoms with Crippen molar-refractivity contribution in [2.24, 2.45) is 5.41 Å². The average molecular weight is 414 g/mol. The van der Waals surface area contributed by atoms with Crippen LogP contribution in [0.15, 0.2) is 0 Å². The van der Waals surface area contributed by atoms with Crippen molar-refractivity contribution in [3.8, 4) is 0 Å². The molecular weight excluding hydrogens is 358 g/mol. The Bertz CT molecular complexity index is 430. The van der Waals surface area contributed by atoms with Crippen LogP contribution in [0.1, 0.15) is 109 Å². The Balaban J connectivity index is 0. The van der Waals surface area contributed by atoms with E-state index in [1.165, 1.54) is 0 Å². The summed E-state index contributed by atoms with van der Waals surface area (Å²) in [5.41, 5.74) is 0.571. The summed E-state index contributed by atoms with van der Waals surface area (Å²) in [7, 11) is 0. The summed E-state index contributed by atoms with van der Waals surface area (Å²) in [6, 6.07) is 0.324. The highest BCUT2D eigenvalue weighted by Gasteiger charge is 2.41. The maximum atomic E-state index is 11.6. The van der Waals surface area contributed by atoms with E-state index >= 15 is 0 Å². The molecule has 0 spiro atoms. The molecule has 1 unspecified atom stereocenters. The minimum atomic E-state index is 0.136. The highest BCUT2D eigenvalue weighted by Crippen LogP contribution is 2.38. The second-order valence-electron chi connectivity index (χ2n) is 9.78. The standard InChI is InChI=1S/C19H37N3O.3C2H6/c1-17(2,3)21-10-12-22(13-11-21)19(6,7)14-18(4,5)15-8-9-16(23)20-15;3*1-2/h15H,8-14H2,1-7H3,(H,20,23);3*1-2H3. The first-order chi connectivity index (χ1) is 13.4. The third-order valence-corrected chi connectivity index (χ3v) is 5.91. The number of carbonyl (C=O) groups is 1. The predicted octanol–water partition coefficient (Wildman–Crippen LogP) is 5.95. The van der Waals surface area contributed by atoms with E-state index in [1.807, 2.05) is 41.5 Å². The molecule has 0 radical (unpaired) electrons. The molecule has 0 aromatic rings. The Labute approximate surface area is 184 Å². The zero-order valence-electron chi connectivity index (χ0n) is 22.3. The summed E-state index contributed by atoms with van der Waals surface area (Å²) in [6.07, 6.45) is 2.79. The molecule has 2 heterocycles. The van der Waals surface area contributed by atoms with Crippen LogP contribution in [0, 0.1) is 5.41 Å². The van der Waals surface area contributed by atoms with Crippen LogP contribution in [-0.2, 0) is 4.79 Å². The number of nitrogens with zero attached hydrogens (tertiary/aromatic N) is 2. The van der Waals surface area contributed by atoms with Crippen LogP contribution in [0.5, 0.6) is 0 Å². The van der Waals surface area contributed by atoms with Gasteiger partial charge < -0.3 is 5.32 Å². The Morgan fingerprint density at radius 3 is 1.55 bits per heavy atom. The van der Waals surface area contributed by atoms with Crippen LogP contribution in [0.2, 0.25) is 0 Å². The topological polar surface area (TPSA) is 35.6 Å². The largest absolute Gasteiger partial charge is 0.353 e. The molecule has 0 aromatic heterocycles. The maximum Gasteiger partial charge on any atom is 0.220 e. The summed E-state index contributed by atoms with van der Waals surface area (Å²) in [4.78, 5) is 16.8. The molecule has 0 bridgehead atoms. The number of piperazine rings is 1. The highest BCUT2D eigenvalue weighted by atomic mass is 16.1. The van der Waals surface area contributed by atoms with E-state index in [4.69, 9.17) is 0 Å². The third kappa shape index (κ3) is 9.83. The van der Waals surface area contributed by atoms with Gasteiger partial charge in [0.1, 0.15) is 0 Å². The van der Waals surface area contributed by atoms with Gasteiger partial charge in [-0.15, -0.1) is 0 Å². The van der Waals surface area contributed by atoms with Gasteiger partial charge in [-0.3, -0.25) is 14.6 Å². The molecule has 176 valence electrons. The van der Waals surface area contributed by atoms with Crippen LogP contribution < -0.4 is 5.32 Å². The molecule has 4 heteroatoms. The summed E-state index contributed by atoms with van der Waals surface area (Å²) in [5, 5.41) is 3.18. The lowest BCUT2D eigenvalue weighted by molar-refractivity contribution is -0.119. The van der Waals surface area contributed by atoms with E-state index < -0.39 is 0 Å². The van der Waals surface area contributed by atoms with Crippen LogP contribution in [0.25, 0.3) is 0 Å². The summed E-state index contributed by atoms with van der Waals surface area (Å²) >= 11 is 0. The molecule has 0 aliphatic carbocycles. The van der Waals surface area contributed by atoms with Crippen molar-refractivity contribution in [2.75, 3.05) is 26.2 Å². The predicted molar refractivity (Wildman–Crippen MR) is 131 cm³/mol. The quantitative estimate of drug-likeness (QED) is 0.618. The van der Waals surface area contributed by atoms with Gasteiger partial charge in [0, 0.05) is 49.7 Å². The zero-order valence-corrected chi connectivity index (χ0v) is 22.3. The fourth-order valence-electron chi connectivity index (χ4n) is 4.53. The van der Waals surface area contributed by atoms with Crippen LogP contribution >= 0.6 is 0 Å². The smallest absolute Gasteiger partial charge is 0.220 e. The molecule has 1 amide bonds. The highest BCUT2D eigenvalue weighted by molar-refractivity contribution is 5.78. The second kappa shape index (κ2) is 13.6. The van der Waals surface area contributed by atoms with Crippen molar-refractivity contribution in [1.29, 1.82) is 0 Å². The first-order valence-electron chi connectivity index (χ1n) is 12.2. The number of hydrogen-bond donors (Lipinski definition) is 1. The van der Waals surface area contributed by atoms with Gasteiger partial charge in [0.05, 0.1) is 0 Å². The molecule has 2 saturated heterocycles. The molecule has 2 fully saturated rings. The Morgan fingerprint density at radius 2 is 1.21 bits per heavy atom. The van der Waals surface area contributed by atoms with Gasteiger partial charge in [-0.1, -0.05) is 55.4 Å². The number of nitrogens with one attached hydrogen (secondary N) is 1. The first-order valence-corrected chi connectivity index (χ1v) is 12.2. The van der Waals surface area contributed by atoms with Gasteiger partial charge in [0.25, 0.3) is 0 Å². The van der Waals surface area contributed by atoms with Gasteiger partial charge >= 0.3 is 0 Å². The molecule has 0 saturated carbocycles. The van der Waals surface area contributed by atoms with Crippen molar-refractivity contribution >= 4 is 5.91 Å². The van der Waals surface area contributed by atoms with Crippen LogP contribution in [0.4, 0.5) is 0 Å². The number of amides is 1. The second-order valence-corrected chi connectivity index (χ2v) is 9.78. The van der Waals surface area contributed by atoms with E-state index in [0.29, 0.717) is 12.5 Å². The molecule has 2 aliphatic rings. The molecule has 1 N–H and O–H groups in total. The van der Waals surface area contributed by atoms with Gasteiger partial charge in [-0.05, 0) is 52.9 Å². The molecule has 2 rings (SSSR count). The Kier molecular flexibility index (Phi) is 14.4. The van der Waals surface area contributed by atoms with Gasteiger partial charge in [0.2, 0.25) is 5.91 Å². The SMILES string of the molecule is CC.CC.CC.CC(C)(CC(C)(C)N1CCN(C(C)(C)C)CC1)C1CCC(=O)N1. The van der Waals surface area contributed by atoms with E-state index in [2.05, 4.69) is 63.6 Å². The van der Waals surface area contributed by atoms with Crippen molar-refractivity contribution in [3.63, 3.8) is 0 Å². The van der Waals surface area contributed by atoms with E-state index in [-0.39, 0.29) is 22.4 Å². The monoisotopic (exact) mass is 413 g/mol. The Morgan fingerprint density at radius 1 is 0.793 bits per heavy atom. The maximum absolute atomic E-state index is 11.6. The van der Waals surface area contributed by atoms with Crippen molar-refractivity contribution < 1.29 is 4.79 Å². The third-order valence-electron chi connectivity index (χ3n) is 5.91. The fraction of sp³-hybridized carbons (Fsp3) is 0.960. The summed E-state index contributed by atoms with van der Waals surface area (Å²) in [6.45, 7) is 32.9. The fourth-order valence-corrected chi connectivity index (χ4v) is 4.53. The van der Waals surface area contributed by atoms with Crippen LogP contribution in [0.3, 0.4) is 0 Å². The van der Waals surface area contributed by atoms with Crippen molar-refractivity contribution in [1.82, 2.24) is 15.1 Å². The van der Waals surface area contributed by atoms with Crippen LogP contribution in [-0.4, -0.2) is 59.0 Å². The minimum absolute atomic E-state index is 0.136. The van der Waals surface area contributed by atoms with Gasteiger partial charge in [0.15, 0.2) is 0 Å². The van der Waals surface area contributed by atoms with E-state index in [9.17, 15) is 4.79 Å². The van der Waals surface area contributed by atoms with Gasteiger partial charge in [-0.2, -0.15) is 0 Å². The zero-order chi connectivity index (χ0) is 23.5. The molecule has 29 heavy (non-hydrogen) atoms. The van der Waals surface area contributed by atoms with E-state index in [1.54, 1.807) is 0 Å². The number of rotatable bonds is 4. The molecule has 2 aliphatic heterocycles. The van der Waals surface area contributed by atoms with Crippen molar-refractivity contribution in [3.05, 3.63) is 0 Å². The van der Waals surface area contributed by atoms with E-state index in [0.717, 1.165) is 39.0 Å². The van der Waals surface area contributed by atoms with Crippen molar-refractivity contribution in [2.45, 2.75) is 126 Å². The molecule has 4 nitrogen and oxygen atoms in total. The number of hydrogen-bond acceptors (Lipinski definition) is 3.